The smallest absolute Gasteiger partial charge is 0.255 e. The second-order valence-corrected chi connectivity index (χ2v) is 8.61. The van der Waals surface area contributed by atoms with Crippen molar-refractivity contribution in [2.24, 2.45) is 0 Å². The molecule has 0 atom stereocenters. The molecule has 0 spiro atoms. The van der Waals surface area contributed by atoms with Crippen molar-refractivity contribution in [2.45, 2.75) is 11.8 Å². The molecule has 2 aromatic carbocycles. The Balaban J connectivity index is 1.82. The van der Waals surface area contributed by atoms with Crippen LogP contribution < -0.4 is 5.32 Å². The van der Waals surface area contributed by atoms with Gasteiger partial charge in [-0.05, 0) is 37.3 Å². The number of sulfone groups is 1. The Morgan fingerprint density at radius 1 is 1.15 bits per heavy atom. The minimum absolute atomic E-state index is 0.0660. The summed E-state index contributed by atoms with van der Waals surface area (Å²) in [7, 11) is -3.50. The second-order valence-electron chi connectivity index (χ2n) is 5.74. The van der Waals surface area contributed by atoms with Gasteiger partial charge >= 0.3 is 0 Å². The van der Waals surface area contributed by atoms with Crippen molar-refractivity contribution in [1.82, 2.24) is 4.98 Å². The highest BCUT2D eigenvalue weighted by atomic mass is 32.2. The van der Waals surface area contributed by atoms with Crippen LogP contribution in [0.2, 0.25) is 0 Å². The van der Waals surface area contributed by atoms with E-state index in [-0.39, 0.29) is 10.6 Å². The highest BCUT2D eigenvalue weighted by molar-refractivity contribution is 7.90. The molecule has 3 rings (SSSR count). The van der Waals surface area contributed by atoms with Crippen molar-refractivity contribution in [3.63, 3.8) is 0 Å². The highest BCUT2D eigenvalue weighted by Crippen LogP contribution is 2.24. The number of hydrogen-bond acceptors (Lipinski definition) is 5. The molecule has 0 saturated carbocycles. The Kier molecular flexibility index (Phi) is 4.88. The molecule has 0 unspecified atom stereocenters. The number of aryl methyl sites for hydroxylation is 1. The van der Waals surface area contributed by atoms with Gasteiger partial charge in [-0.25, -0.2) is 17.8 Å². The predicted octanol–water partition coefficient (Wildman–Crippen LogP) is 3.91. The first-order valence-corrected chi connectivity index (χ1v) is 10.3. The second kappa shape index (κ2) is 6.97. The maximum Gasteiger partial charge on any atom is 0.255 e. The molecule has 0 aliphatic carbocycles. The molecular weight excluding hydrogens is 375 g/mol. The van der Waals surface area contributed by atoms with Gasteiger partial charge < -0.3 is 5.32 Å². The lowest BCUT2D eigenvalue weighted by atomic mass is 10.1. The molecule has 0 saturated heterocycles. The molecule has 26 heavy (non-hydrogen) atoms. The third-order valence-electron chi connectivity index (χ3n) is 3.63. The fraction of sp³-hybridized carbons (Fsp3) is 0.111. The predicted molar refractivity (Wildman–Crippen MR) is 99.8 cm³/mol. The lowest BCUT2D eigenvalue weighted by molar-refractivity contribution is 0.102. The molecule has 1 heterocycles. The summed E-state index contributed by atoms with van der Waals surface area (Å²) >= 11 is 1.51. The molecule has 0 radical (unpaired) electrons. The first kappa shape index (κ1) is 18.2. The number of amides is 1. The van der Waals surface area contributed by atoms with Crippen LogP contribution >= 0.6 is 11.3 Å². The molecule has 0 bridgehead atoms. The number of nitrogens with one attached hydrogen (secondary N) is 1. The van der Waals surface area contributed by atoms with Crippen molar-refractivity contribution in [2.75, 3.05) is 11.6 Å². The van der Waals surface area contributed by atoms with Gasteiger partial charge in [0.15, 0.2) is 9.84 Å². The Labute approximate surface area is 154 Å². The van der Waals surface area contributed by atoms with Gasteiger partial charge in [0.1, 0.15) is 10.8 Å². The minimum atomic E-state index is -3.50. The zero-order chi connectivity index (χ0) is 18.9. The number of rotatable bonds is 4. The zero-order valence-corrected chi connectivity index (χ0v) is 15.6. The number of hydrogen-bond donors (Lipinski definition) is 1. The van der Waals surface area contributed by atoms with Gasteiger partial charge in [0.25, 0.3) is 5.91 Å². The van der Waals surface area contributed by atoms with Gasteiger partial charge in [0.05, 0.1) is 10.6 Å². The normalized spacial score (nSPS) is 11.3. The third-order valence-corrected chi connectivity index (χ3v) is 5.75. The molecule has 134 valence electrons. The van der Waals surface area contributed by atoms with E-state index in [0.717, 1.165) is 40.7 Å². The van der Waals surface area contributed by atoms with Gasteiger partial charge in [-0.1, -0.05) is 12.1 Å². The van der Waals surface area contributed by atoms with Crippen LogP contribution in [0, 0.1) is 12.7 Å². The summed E-state index contributed by atoms with van der Waals surface area (Å²) in [5, 5.41) is 5.20. The average molecular weight is 390 g/mol. The maximum absolute atomic E-state index is 13.9. The number of halogens is 1. The molecule has 8 heteroatoms. The van der Waals surface area contributed by atoms with Gasteiger partial charge in [-0.3, -0.25) is 4.79 Å². The molecule has 0 aliphatic heterocycles. The lowest BCUT2D eigenvalue weighted by Gasteiger charge is -2.08. The van der Waals surface area contributed by atoms with Crippen molar-refractivity contribution in [1.29, 1.82) is 0 Å². The van der Waals surface area contributed by atoms with Crippen molar-refractivity contribution < 1.29 is 17.6 Å². The Morgan fingerprint density at radius 2 is 1.85 bits per heavy atom. The summed E-state index contributed by atoms with van der Waals surface area (Å²) in [6.07, 6.45) is 1.02. The first-order chi connectivity index (χ1) is 12.2. The zero-order valence-electron chi connectivity index (χ0n) is 14.0. The van der Waals surface area contributed by atoms with Gasteiger partial charge in [-0.15, -0.1) is 11.3 Å². The molecule has 1 amide bonds. The third kappa shape index (κ3) is 3.97. The molecule has 0 fully saturated rings. The summed E-state index contributed by atoms with van der Waals surface area (Å²) in [6, 6.07) is 10.0. The average Bonchev–Trinajstić information content (AvgIpc) is 3.02. The van der Waals surface area contributed by atoms with Crippen LogP contribution in [0.1, 0.15) is 16.1 Å². The van der Waals surface area contributed by atoms with Crippen LogP contribution in [0.5, 0.6) is 0 Å². The summed E-state index contributed by atoms with van der Waals surface area (Å²) < 4.78 is 37.1. The van der Waals surface area contributed by atoms with Gasteiger partial charge in [0, 0.05) is 28.5 Å². The summed E-state index contributed by atoms with van der Waals surface area (Å²) in [5.74, 6) is -1.24. The molecule has 1 N–H and O–H groups in total. The van der Waals surface area contributed by atoms with Gasteiger partial charge in [-0.2, -0.15) is 0 Å². The van der Waals surface area contributed by atoms with E-state index in [4.69, 9.17) is 0 Å². The van der Waals surface area contributed by atoms with Crippen LogP contribution in [-0.2, 0) is 9.84 Å². The molecule has 0 aliphatic rings. The van der Waals surface area contributed by atoms with E-state index >= 15 is 0 Å². The summed E-state index contributed by atoms with van der Waals surface area (Å²) in [4.78, 5) is 16.7. The standard InChI is InChI=1S/C18H15FN2O3S2/c1-11-10-25-18(20-11)13-5-3-12(4-6-13)17(22)21-16-9-14(26(2,23)24)7-8-15(16)19/h3-10H,1-2H3,(H,21,22). The first-order valence-electron chi connectivity index (χ1n) is 7.57. The van der Waals surface area contributed by atoms with E-state index in [1.54, 1.807) is 24.3 Å². The van der Waals surface area contributed by atoms with Crippen LogP contribution in [0.4, 0.5) is 10.1 Å². The van der Waals surface area contributed by atoms with Crippen molar-refractivity contribution in [3.05, 3.63) is 64.9 Å². The fourth-order valence-electron chi connectivity index (χ4n) is 2.28. The topological polar surface area (TPSA) is 76.1 Å². The molecule has 1 aromatic heterocycles. The lowest BCUT2D eigenvalue weighted by Crippen LogP contribution is -2.13. The molecule has 5 nitrogen and oxygen atoms in total. The number of carbonyl (C=O) groups excluding carboxylic acids is 1. The fourth-order valence-corrected chi connectivity index (χ4v) is 3.73. The van der Waals surface area contributed by atoms with Crippen molar-refractivity contribution in [3.8, 4) is 10.6 Å². The Hall–Kier alpha value is -2.58. The van der Waals surface area contributed by atoms with Crippen LogP contribution in [0.25, 0.3) is 10.6 Å². The Morgan fingerprint density at radius 3 is 2.42 bits per heavy atom. The van der Waals surface area contributed by atoms with Gasteiger partial charge in [0.2, 0.25) is 0 Å². The number of benzene rings is 2. The van der Waals surface area contributed by atoms with E-state index < -0.39 is 21.6 Å². The largest absolute Gasteiger partial charge is 0.319 e. The number of aromatic nitrogens is 1. The highest BCUT2D eigenvalue weighted by Gasteiger charge is 2.14. The van der Waals surface area contributed by atoms with Crippen LogP contribution in [0.3, 0.4) is 0 Å². The van der Waals surface area contributed by atoms with E-state index in [1.165, 1.54) is 11.3 Å². The van der Waals surface area contributed by atoms with E-state index in [1.807, 2.05) is 12.3 Å². The van der Waals surface area contributed by atoms with Crippen molar-refractivity contribution >= 4 is 32.8 Å². The quantitative estimate of drug-likeness (QED) is 0.685. The minimum Gasteiger partial charge on any atom is -0.319 e. The number of carbonyl (C=O) groups is 1. The number of anilines is 1. The maximum atomic E-state index is 13.9. The SMILES string of the molecule is Cc1csc(-c2ccc(C(=O)Nc3cc(S(C)(=O)=O)ccc3F)cc2)n1. The monoisotopic (exact) mass is 390 g/mol. The van der Waals surface area contributed by atoms with E-state index in [2.05, 4.69) is 10.3 Å². The van der Waals surface area contributed by atoms with Crippen LogP contribution in [0.15, 0.2) is 52.7 Å². The van der Waals surface area contributed by atoms with Crippen LogP contribution in [-0.4, -0.2) is 25.6 Å². The summed E-state index contributed by atoms with van der Waals surface area (Å²) in [6.45, 7) is 1.90. The molecular formula is C18H15FN2O3S2. The molecule has 3 aromatic rings. The number of nitrogens with zero attached hydrogens (tertiary/aromatic N) is 1. The Bertz CT molecular complexity index is 1070. The van der Waals surface area contributed by atoms with E-state index in [0.29, 0.717) is 5.56 Å². The van der Waals surface area contributed by atoms with E-state index in [9.17, 15) is 17.6 Å². The number of thiazole rings is 1. The summed E-state index contributed by atoms with van der Waals surface area (Å²) in [5.41, 5.74) is 1.95.